The molecule has 0 aromatic heterocycles. The maximum Gasteiger partial charge on any atom is 0.0495 e. The second-order valence-electron chi connectivity index (χ2n) is 4.08. The van der Waals surface area contributed by atoms with Crippen LogP contribution in [0.1, 0.15) is 39.0 Å². The van der Waals surface area contributed by atoms with E-state index in [1.807, 2.05) is 0 Å². The first-order valence-corrected chi connectivity index (χ1v) is 5.61. The highest BCUT2D eigenvalue weighted by Gasteiger charge is 2.16. The first-order chi connectivity index (χ1) is 6.36. The molecule has 1 heterocycles. The standard InChI is InChI=1S/C11H23NO/c1-3-4-11(12-2)6-5-10-7-8-13-9-10/h10-12H,3-9H2,1-2H3. The molecule has 1 aliphatic rings. The van der Waals surface area contributed by atoms with Crippen LogP contribution >= 0.6 is 0 Å². The molecule has 1 aliphatic heterocycles. The fraction of sp³-hybridized carbons (Fsp3) is 1.00. The van der Waals surface area contributed by atoms with Gasteiger partial charge in [-0.25, -0.2) is 0 Å². The van der Waals surface area contributed by atoms with Crippen molar-refractivity contribution in [1.29, 1.82) is 0 Å². The minimum Gasteiger partial charge on any atom is -0.381 e. The Bertz CT molecular complexity index is 121. The van der Waals surface area contributed by atoms with Gasteiger partial charge in [0.05, 0.1) is 0 Å². The van der Waals surface area contributed by atoms with Crippen LogP contribution in [0, 0.1) is 5.92 Å². The fourth-order valence-electron chi connectivity index (χ4n) is 2.03. The maximum atomic E-state index is 5.36. The Morgan fingerprint density at radius 3 is 2.85 bits per heavy atom. The highest BCUT2D eigenvalue weighted by molar-refractivity contribution is 4.70. The summed E-state index contributed by atoms with van der Waals surface area (Å²) in [5, 5.41) is 3.39. The van der Waals surface area contributed by atoms with E-state index in [1.54, 1.807) is 0 Å². The molecule has 0 spiro atoms. The summed E-state index contributed by atoms with van der Waals surface area (Å²) in [6.45, 7) is 4.24. The average molecular weight is 185 g/mol. The first-order valence-electron chi connectivity index (χ1n) is 5.61. The topological polar surface area (TPSA) is 21.3 Å². The highest BCUT2D eigenvalue weighted by atomic mass is 16.5. The summed E-state index contributed by atoms with van der Waals surface area (Å²) in [7, 11) is 2.07. The average Bonchev–Trinajstić information content (AvgIpc) is 2.64. The Morgan fingerprint density at radius 2 is 2.31 bits per heavy atom. The molecular formula is C11H23NO. The Kier molecular flexibility index (Phi) is 5.40. The van der Waals surface area contributed by atoms with Crippen molar-refractivity contribution in [1.82, 2.24) is 5.32 Å². The van der Waals surface area contributed by atoms with E-state index in [-0.39, 0.29) is 0 Å². The second-order valence-corrected chi connectivity index (χ2v) is 4.08. The lowest BCUT2D eigenvalue weighted by atomic mass is 9.97. The van der Waals surface area contributed by atoms with Gasteiger partial charge in [-0.3, -0.25) is 0 Å². The molecule has 0 aliphatic carbocycles. The van der Waals surface area contributed by atoms with Crippen LogP contribution in [-0.2, 0) is 4.74 Å². The number of nitrogens with one attached hydrogen (secondary N) is 1. The summed E-state index contributed by atoms with van der Waals surface area (Å²) in [6, 6.07) is 0.727. The van der Waals surface area contributed by atoms with Gasteiger partial charge in [-0.2, -0.15) is 0 Å². The minimum absolute atomic E-state index is 0.727. The van der Waals surface area contributed by atoms with Gasteiger partial charge in [0.1, 0.15) is 0 Å². The van der Waals surface area contributed by atoms with E-state index < -0.39 is 0 Å². The van der Waals surface area contributed by atoms with Crippen molar-refractivity contribution in [3.05, 3.63) is 0 Å². The zero-order valence-corrected chi connectivity index (χ0v) is 9.01. The quantitative estimate of drug-likeness (QED) is 0.685. The molecule has 2 atom stereocenters. The lowest BCUT2D eigenvalue weighted by Gasteiger charge is -2.16. The Labute approximate surface area is 82.0 Å². The van der Waals surface area contributed by atoms with Gasteiger partial charge < -0.3 is 10.1 Å². The van der Waals surface area contributed by atoms with E-state index in [0.717, 1.165) is 25.2 Å². The van der Waals surface area contributed by atoms with Gasteiger partial charge in [0.2, 0.25) is 0 Å². The summed E-state index contributed by atoms with van der Waals surface area (Å²) >= 11 is 0. The van der Waals surface area contributed by atoms with Crippen molar-refractivity contribution in [2.75, 3.05) is 20.3 Å². The Hall–Kier alpha value is -0.0800. The minimum atomic E-state index is 0.727. The predicted molar refractivity (Wildman–Crippen MR) is 55.9 cm³/mol. The largest absolute Gasteiger partial charge is 0.381 e. The summed E-state index contributed by atoms with van der Waals surface area (Å²) in [6.07, 6.45) is 6.53. The van der Waals surface area contributed by atoms with Gasteiger partial charge in [-0.05, 0) is 38.6 Å². The number of ether oxygens (including phenoxy) is 1. The molecule has 78 valence electrons. The number of hydrogen-bond acceptors (Lipinski definition) is 2. The molecule has 1 N–H and O–H groups in total. The van der Waals surface area contributed by atoms with Crippen molar-refractivity contribution >= 4 is 0 Å². The second kappa shape index (κ2) is 6.39. The zero-order valence-electron chi connectivity index (χ0n) is 9.01. The SMILES string of the molecule is CCCC(CCC1CCOC1)NC. The molecule has 0 radical (unpaired) electrons. The third-order valence-electron chi connectivity index (χ3n) is 2.99. The molecule has 2 unspecified atom stereocenters. The van der Waals surface area contributed by atoms with Gasteiger partial charge >= 0.3 is 0 Å². The molecule has 0 bridgehead atoms. The third kappa shape index (κ3) is 4.10. The molecule has 1 rings (SSSR count). The van der Waals surface area contributed by atoms with E-state index in [4.69, 9.17) is 4.74 Å². The van der Waals surface area contributed by atoms with Crippen LogP contribution in [0.15, 0.2) is 0 Å². The summed E-state index contributed by atoms with van der Waals surface area (Å²) in [5.74, 6) is 0.840. The van der Waals surface area contributed by atoms with Crippen molar-refractivity contribution < 1.29 is 4.74 Å². The number of rotatable bonds is 6. The van der Waals surface area contributed by atoms with E-state index in [1.165, 1.54) is 32.1 Å². The molecule has 0 aromatic rings. The summed E-state index contributed by atoms with van der Waals surface area (Å²) in [4.78, 5) is 0. The fourth-order valence-corrected chi connectivity index (χ4v) is 2.03. The van der Waals surface area contributed by atoms with Crippen molar-refractivity contribution in [3.63, 3.8) is 0 Å². The highest BCUT2D eigenvalue weighted by Crippen LogP contribution is 2.19. The molecule has 13 heavy (non-hydrogen) atoms. The van der Waals surface area contributed by atoms with Crippen molar-refractivity contribution in [2.45, 2.75) is 45.1 Å². The Balaban J connectivity index is 2.07. The molecule has 1 saturated heterocycles. The van der Waals surface area contributed by atoms with Crippen molar-refractivity contribution in [2.24, 2.45) is 5.92 Å². The number of hydrogen-bond donors (Lipinski definition) is 1. The molecule has 0 aromatic carbocycles. The van der Waals surface area contributed by atoms with Gasteiger partial charge in [0, 0.05) is 19.3 Å². The lowest BCUT2D eigenvalue weighted by Crippen LogP contribution is -2.25. The third-order valence-corrected chi connectivity index (χ3v) is 2.99. The normalized spacial score (nSPS) is 24.9. The molecular weight excluding hydrogens is 162 g/mol. The molecule has 0 saturated carbocycles. The first kappa shape index (κ1) is 11.0. The van der Waals surface area contributed by atoms with Crippen LogP contribution in [0.2, 0.25) is 0 Å². The molecule has 2 heteroatoms. The van der Waals surface area contributed by atoms with Gasteiger partial charge in [0.15, 0.2) is 0 Å². The van der Waals surface area contributed by atoms with E-state index >= 15 is 0 Å². The van der Waals surface area contributed by atoms with Crippen LogP contribution in [0.25, 0.3) is 0 Å². The molecule has 0 amide bonds. The van der Waals surface area contributed by atoms with Crippen LogP contribution in [0.5, 0.6) is 0 Å². The Morgan fingerprint density at radius 1 is 1.46 bits per heavy atom. The van der Waals surface area contributed by atoms with E-state index in [2.05, 4.69) is 19.3 Å². The van der Waals surface area contributed by atoms with Crippen LogP contribution < -0.4 is 5.32 Å². The van der Waals surface area contributed by atoms with Crippen LogP contribution in [0.3, 0.4) is 0 Å². The molecule has 1 fully saturated rings. The smallest absolute Gasteiger partial charge is 0.0495 e. The monoisotopic (exact) mass is 185 g/mol. The lowest BCUT2D eigenvalue weighted by molar-refractivity contribution is 0.183. The summed E-state index contributed by atoms with van der Waals surface area (Å²) < 4.78 is 5.36. The van der Waals surface area contributed by atoms with E-state index in [0.29, 0.717) is 0 Å². The van der Waals surface area contributed by atoms with Gasteiger partial charge in [0.25, 0.3) is 0 Å². The van der Waals surface area contributed by atoms with E-state index in [9.17, 15) is 0 Å². The van der Waals surface area contributed by atoms with Gasteiger partial charge in [-0.1, -0.05) is 13.3 Å². The van der Waals surface area contributed by atoms with Crippen LogP contribution in [0.4, 0.5) is 0 Å². The van der Waals surface area contributed by atoms with Crippen molar-refractivity contribution in [3.8, 4) is 0 Å². The van der Waals surface area contributed by atoms with Crippen LogP contribution in [-0.4, -0.2) is 26.3 Å². The summed E-state index contributed by atoms with van der Waals surface area (Å²) in [5.41, 5.74) is 0. The maximum absolute atomic E-state index is 5.36. The van der Waals surface area contributed by atoms with Gasteiger partial charge in [-0.15, -0.1) is 0 Å². The zero-order chi connectivity index (χ0) is 9.52. The molecule has 2 nitrogen and oxygen atoms in total. The predicted octanol–water partition coefficient (Wildman–Crippen LogP) is 2.19.